The summed E-state index contributed by atoms with van der Waals surface area (Å²) in [6, 6.07) is 12.3. The van der Waals surface area contributed by atoms with Crippen molar-refractivity contribution in [1.82, 2.24) is 10.3 Å². The average Bonchev–Trinajstić information content (AvgIpc) is 2.58. The summed E-state index contributed by atoms with van der Waals surface area (Å²) >= 11 is 0. The van der Waals surface area contributed by atoms with Crippen LogP contribution in [0.25, 0.3) is 0 Å². The van der Waals surface area contributed by atoms with Gasteiger partial charge < -0.3 is 10.6 Å². The van der Waals surface area contributed by atoms with Crippen molar-refractivity contribution >= 4 is 17.6 Å². The van der Waals surface area contributed by atoms with E-state index in [-0.39, 0.29) is 23.1 Å². The van der Waals surface area contributed by atoms with Crippen LogP contribution in [0.3, 0.4) is 0 Å². The van der Waals surface area contributed by atoms with Gasteiger partial charge in [-0.05, 0) is 48.1 Å². The number of hydrogen-bond acceptors (Lipinski definition) is 3. The van der Waals surface area contributed by atoms with Crippen LogP contribution in [0.15, 0.2) is 42.5 Å². The zero-order chi connectivity index (χ0) is 20.2. The SMILES string of the molecule is Cc1cccc(NC(=O)[C@@H](NC(=O)c2ccc(C(C)(C)C)cc2)C(C)C)n1. The first kappa shape index (κ1) is 20.6. The fourth-order valence-electron chi connectivity index (χ4n) is 2.70. The van der Waals surface area contributed by atoms with Crippen LogP contribution in [0.4, 0.5) is 5.82 Å². The maximum Gasteiger partial charge on any atom is 0.251 e. The van der Waals surface area contributed by atoms with E-state index in [0.717, 1.165) is 11.3 Å². The summed E-state index contributed by atoms with van der Waals surface area (Å²) < 4.78 is 0. The van der Waals surface area contributed by atoms with E-state index in [2.05, 4.69) is 36.4 Å². The van der Waals surface area contributed by atoms with Gasteiger partial charge >= 0.3 is 0 Å². The average molecular weight is 367 g/mol. The van der Waals surface area contributed by atoms with E-state index in [0.29, 0.717) is 11.4 Å². The standard InChI is InChI=1S/C22H29N3O2/c1-14(2)19(21(27)24-18-9-7-8-15(3)23-18)25-20(26)16-10-12-17(13-11-16)22(4,5)6/h7-14,19H,1-6H3,(H,25,26)(H,23,24,27)/t19-/m0/s1. The highest BCUT2D eigenvalue weighted by Gasteiger charge is 2.25. The van der Waals surface area contributed by atoms with Crippen molar-refractivity contribution < 1.29 is 9.59 Å². The first-order valence-corrected chi connectivity index (χ1v) is 9.24. The molecule has 1 aromatic carbocycles. The number of benzene rings is 1. The van der Waals surface area contributed by atoms with E-state index >= 15 is 0 Å². The third kappa shape index (κ3) is 5.64. The lowest BCUT2D eigenvalue weighted by atomic mass is 9.86. The molecule has 27 heavy (non-hydrogen) atoms. The number of rotatable bonds is 5. The molecule has 0 unspecified atom stereocenters. The predicted molar refractivity (Wildman–Crippen MR) is 109 cm³/mol. The summed E-state index contributed by atoms with van der Waals surface area (Å²) in [5, 5.41) is 5.63. The van der Waals surface area contributed by atoms with Gasteiger partial charge in [0.25, 0.3) is 5.91 Å². The van der Waals surface area contributed by atoms with Crippen LogP contribution in [0.5, 0.6) is 0 Å². The smallest absolute Gasteiger partial charge is 0.251 e. The van der Waals surface area contributed by atoms with E-state index in [9.17, 15) is 9.59 Å². The molecule has 0 aliphatic carbocycles. The number of amides is 2. The summed E-state index contributed by atoms with van der Waals surface area (Å²) in [5.74, 6) is -0.119. The molecular formula is C22H29N3O2. The second-order valence-corrected chi connectivity index (χ2v) is 8.18. The monoisotopic (exact) mass is 367 g/mol. The van der Waals surface area contributed by atoms with Gasteiger partial charge in [0.2, 0.25) is 5.91 Å². The molecule has 2 N–H and O–H groups in total. The molecule has 1 heterocycles. The van der Waals surface area contributed by atoms with Gasteiger partial charge in [-0.2, -0.15) is 0 Å². The molecule has 1 atom stereocenters. The number of nitrogens with one attached hydrogen (secondary N) is 2. The number of carbonyl (C=O) groups excluding carboxylic acids is 2. The Morgan fingerprint density at radius 1 is 1.00 bits per heavy atom. The molecule has 0 aliphatic heterocycles. The van der Waals surface area contributed by atoms with Gasteiger partial charge in [0.15, 0.2) is 0 Å². The minimum absolute atomic E-state index is 0.0240. The second-order valence-electron chi connectivity index (χ2n) is 8.18. The van der Waals surface area contributed by atoms with Gasteiger partial charge in [-0.15, -0.1) is 0 Å². The number of carbonyl (C=O) groups is 2. The van der Waals surface area contributed by atoms with Crippen molar-refractivity contribution in [2.24, 2.45) is 5.92 Å². The second kappa shape index (κ2) is 8.33. The van der Waals surface area contributed by atoms with Gasteiger partial charge in [0.1, 0.15) is 11.9 Å². The Kier molecular flexibility index (Phi) is 6.37. The summed E-state index contributed by atoms with van der Waals surface area (Å²) in [6.45, 7) is 12.0. The topological polar surface area (TPSA) is 71.1 Å². The molecule has 2 rings (SSSR count). The number of aryl methyl sites for hydroxylation is 1. The number of nitrogens with zero attached hydrogens (tertiary/aromatic N) is 1. The molecular weight excluding hydrogens is 338 g/mol. The molecule has 2 amide bonds. The van der Waals surface area contributed by atoms with E-state index in [4.69, 9.17) is 0 Å². The molecule has 5 heteroatoms. The highest BCUT2D eigenvalue weighted by atomic mass is 16.2. The molecule has 0 radical (unpaired) electrons. The first-order chi connectivity index (χ1) is 12.6. The van der Waals surface area contributed by atoms with Crippen molar-refractivity contribution in [2.45, 2.75) is 53.0 Å². The molecule has 0 bridgehead atoms. The Hall–Kier alpha value is -2.69. The lowest BCUT2D eigenvalue weighted by Crippen LogP contribution is -2.47. The van der Waals surface area contributed by atoms with E-state index in [1.54, 1.807) is 18.2 Å². The molecule has 0 spiro atoms. The van der Waals surface area contributed by atoms with E-state index < -0.39 is 6.04 Å². The molecule has 0 aliphatic rings. The maximum atomic E-state index is 12.7. The first-order valence-electron chi connectivity index (χ1n) is 9.24. The van der Waals surface area contributed by atoms with Crippen LogP contribution in [-0.4, -0.2) is 22.8 Å². The Balaban J connectivity index is 2.10. The lowest BCUT2D eigenvalue weighted by Gasteiger charge is -2.22. The third-order valence-electron chi connectivity index (χ3n) is 4.39. The van der Waals surface area contributed by atoms with Crippen LogP contribution in [0, 0.1) is 12.8 Å². The molecule has 0 saturated carbocycles. The largest absolute Gasteiger partial charge is 0.340 e. The van der Waals surface area contributed by atoms with Gasteiger partial charge in [-0.3, -0.25) is 9.59 Å². The van der Waals surface area contributed by atoms with Gasteiger partial charge in [0.05, 0.1) is 0 Å². The Morgan fingerprint density at radius 3 is 2.15 bits per heavy atom. The van der Waals surface area contributed by atoms with Crippen molar-refractivity contribution in [3.8, 4) is 0 Å². The van der Waals surface area contributed by atoms with Crippen molar-refractivity contribution in [3.05, 3.63) is 59.3 Å². The normalized spacial score (nSPS) is 12.6. The number of aromatic nitrogens is 1. The molecule has 0 saturated heterocycles. The summed E-state index contributed by atoms with van der Waals surface area (Å²) in [6.07, 6.45) is 0. The summed E-state index contributed by atoms with van der Waals surface area (Å²) in [7, 11) is 0. The van der Waals surface area contributed by atoms with Crippen molar-refractivity contribution in [2.75, 3.05) is 5.32 Å². The highest BCUT2D eigenvalue weighted by molar-refractivity contribution is 6.01. The van der Waals surface area contributed by atoms with Crippen molar-refractivity contribution in [3.63, 3.8) is 0 Å². The summed E-state index contributed by atoms with van der Waals surface area (Å²) in [4.78, 5) is 29.6. The van der Waals surface area contributed by atoms with Crippen LogP contribution in [-0.2, 0) is 10.2 Å². The molecule has 144 valence electrons. The number of hydrogen-bond donors (Lipinski definition) is 2. The van der Waals surface area contributed by atoms with Gasteiger partial charge in [0, 0.05) is 11.3 Å². The minimum Gasteiger partial charge on any atom is -0.340 e. The zero-order valence-electron chi connectivity index (χ0n) is 17.0. The molecule has 0 fully saturated rings. The Labute approximate surface area is 161 Å². The molecule has 1 aromatic heterocycles. The maximum absolute atomic E-state index is 12.7. The fourth-order valence-corrected chi connectivity index (χ4v) is 2.70. The molecule has 5 nitrogen and oxygen atoms in total. The van der Waals surface area contributed by atoms with E-state index in [1.165, 1.54) is 0 Å². The minimum atomic E-state index is -0.651. The number of anilines is 1. The predicted octanol–water partition coefficient (Wildman–Crippen LogP) is 4.08. The van der Waals surface area contributed by atoms with Crippen LogP contribution in [0.2, 0.25) is 0 Å². The van der Waals surface area contributed by atoms with Crippen LogP contribution >= 0.6 is 0 Å². The quantitative estimate of drug-likeness (QED) is 0.836. The van der Waals surface area contributed by atoms with E-state index in [1.807, 2.05) is 45.0 Å². The lowest BCUT2D eigenvalue weighted by molar-refractivity contribution is -0.118. The Bertz CT molecular complexity index is 805. The third-order valence-corrected chi connectivity index (χ3v) is 4.39. The van der Waals surface area contributed by atoms with Crippen LogP contribution < -0.4 is 10.6 Å². The van der Waals surface area contributed by atoms with Crippen molar-refractivity contribution in [1.29, 1.82) is 0 Å². The Morgan fingerprint density at radius 2 is 1.63 bits per heavy atom. The summed E-state index contributed by atoms with van der Waals surface area (Å²) in [5.41, 5.74) is 2.53. The van der Waals surface area contributed by atoms with Crippen LogP contribution in [0.1, 0.15) is 56.2 Å². The highest BCUT2D eigenvalue weighted by Crippen LogP contribution is 2.22. The van der Waals surface area contributed by atoms with Gasteiger partial charge in [-0.25, -0.2) is 4.98 Å². The van der Waals surface area contributed by atoms with Gasteiger partial charge in [-0.1, -0.05) is 52.8 Å². The number of pyridine rings is 1. The molecule has 2 aromatic rings. The zero-order valence-corrected chi connectivity index (χ0v) is 17.0. The fraction of sp³-hybridized carbons (Fsp3) is 0.409.